The van der Waals surface area contributed by atoms with E-state index in [1.54, 1.807) is 0 Å². The van der Waals surface area contributed by atoms with Gasteiger partial charge in [0.15, 0.2) is 5.82 Å². The zero-order valence-electron chi connectivity index (χ0n) is 10.4. The highest BCUT2D eigenvalue weighted by Gasteiger charge is 2.29. The number of aromatic amines is 1. The lowest BCUT2D eigenvalue weighted by atomic mass is 9.95. The molecule has 4 nitrogen and oxygen atoms in total. The number of piperidine rings is 1. The molecule has 3 heterocycles. The van der Waals surface area contributed by atoms with Gasteiger partial charge in [0.2, 0.25) is 0 Å². The van der Waals surface area contributed by atoms with Crippen LogP contribution in [-0.2, 0) is 0 Å². The average Bonchev–Trinajstić information content (AvgIpc) is 3.00. The third-order valence-electron chi connectivity index (χ3n) is 3.93. The van der Waals surface area contributed by atoms with Gasteiger partial charge in [-0.3, -0.25) is 10.00 Å². The van der Waals surface area contributed by atoms with E-state index >= 15 is 0 Å². The van der Waals surface area contributed by atoms with Gasteiger partial charge in [-0.15, -0.1) is 0 Å². The molecule has 2 aliphatic heterocycles. The Labute approximate surface area is 107 Å². The summed E-state index contributed by atoms with van der Waals surface area (Å²) in [5, 5.41) is 7.26. The molecule has 0 aliphatic carbocycles. The molecule has 17 heavy (non-hydrogen) atoms. The fourth-order valence-corrected chi connectivity index (χ4v) is 4.13. The second-order valence-electron chi connectivity index (χ2n) is 5.11. The maximum Gasteiger partial charge on any atom is 0.153 e. The summed E-state index contributed by atoms with van der Waals surface area (Å²) in [5.41, 5.74) is 0. The summed E-state index contributed by atoms with van der Waals surface area (Å²) >= 11 is 2.10. The van der Waals surface area contributed by atoms with Gasteiger partial charge in [0.1, 0.15) is 5.82 Å². The third-order valence-corrected chi connectivity index (χ3v) is 5.08. The van der Waals surface area contributed by atoms with Crippen molar-refractivity contribution < 1.29 is 0 Å². The molecule has 2 saturated heterocycles. The van der Waals surface area contributed by atoms with Crippen molar-refractivity contribution in [3.05, 3.63) is 11.6 Å². The highest BCUT2D eigenvalue weighted by Crippen LogP contribution is 2.30. The lowest BCUT2D eigenvalue weighted by Crippen LogP contribution is -2.41. The van der Waals surface area contributed by atoms with Crippen molar-refractivity contribution in [2.24, 2.45) is 0 Å². The standard InChI is InChI=1S/C12H20N4S/c1-9-13-12(15-14-9)10-2-5-16(6-3-10)11-4-7-17-8-11/h10-11H,2-8H2,1H3,(H,13,14,15)/t11-/m0/s1. The number of nitrogens with zero attached hydrogens (tertiary/aromatic N) is 3. The van der Waals surface area contributed by atoms with E-state index in [9.17, 15) is 0 Å². The van der Waals surface area contributed by atoms with Crippen molar-refractivity contribution >= 4 is 11.8 Å². The van der Waals surface area contributed by atoms with Crippen LogP contribution in [0.5, 0.6) is 0 Å². The topological polar surface area (TPSA) is 44.8 Å². The molecule has 94 valence electrons. The SMILES string of the molecule is Cc1nc(C2CCN([C@H]3CCSC3)CC2)n[nH]1. The molecule has 1 aromatic rings. The first-order valence-corrected chi connectivity index (χ1v) is 7.69. The van der Waals surface area contributed by atoms with Gasteiger partial charge in [0, 0.05) is 17.7 Å². The van der Waals surface area contributed by atoms with Gasteiger partial charge >= 0.3 is 0 Å². The van der Waals surface area contributed by atoms with Gasteiger partial charge in [-0.25, -0.2) is 4.98 Å². The molecule has 0 saturated carbocycles. The van der Waals surface area contributed by atoms with E-state index < -0.39 is 0 Å². The number of nitrogens with one attached hydrogen (secondary N) is 1. The maximum atomic E-state index is 4.47. The Morgan fingerprint density at radius 2 is 2.12 bits per heavy atom. The molecule has 0 amide bonds. The minimum atomic E-state index is 0.574. The summed E-state index contributed by atoms with van der Waals surface area (Å²) in [7, 11) is 0. The first kappa shape index (κ1) is 11.5. The van der Waals surface area contributed by atoms with Gasteiger partial charge in [0.25, 0.3) is 0 Å². The molecule has 0 aromatic carbocycles. The Hall–Kier alpha value is -0.550. The molecule has 2 fully saturated rings. The Balaban J connectivity index is 1.56. The van der Waals surface area contributed by atoms with Crippen molar-refractivity contribution in [2.75, 3.05) is 24.6 Å². The average molecular weight is 252 g/mol. The summed E-state index contributed by atoms with van der Waals surface area (Å²) < 4.78 is 0. The quantitative estimate of drug-likeness (QED) is 0.871. The molecule has 1 aromatic heterocycles. The van der Waals surface area contributed by atoms with E-state index in [0.717, 1.165) is 17.7 Å². The van der Waals surface area contributed by atoms with E-state index in [0.29, 0.717) is 5.92 Å². The van der Waals surface area contributed by atoms with Gasteiger partial charge in [-0.1, -0.05) is 0 Å². The summed E-state index contributed by atoms with van der Waals surface area (Å²) in [6, 6.07) is 0.842. The molecule has 0 spiro atoms. The highest BCUT2D eigenvalue weighted by atomic mass is 32.2. The molecule has 0 radical (unpaired) electrons. The fourth-order valence-electron chi connectivity index (χ4n) is 2.88. The molecule has 1 N–H and O–H groups in total. The lowest BCUT2D eigenvalue weighted by Gasteiger charge is -2.34. The van der Waals surface area contributed by atoms with Crippen LogP contribution in [0.1, 0.15) is 36.8 Å². The van der Waals surface area contributed by atoms with E-state index in [-0.39, 0.29) is 0 Å². The lowest BCUT2D eigenvalue weighted by molar-refractivity contribution is 0.163. The molecular weight excluding hydrogens is 232 g/mol. The second-order valence-corrected chi connectivity index (χ2v) is 6.26. The van der Waals surface area contributed by atoms with E-state index in [2.05, 4.69) is 31.8 Å². The minimum Gasteiger partial charge on any atom is -0.299 e. The zero-order chi connectivity index (χ0) is 11.7. The first-order valence-electron chi connectivity index (χ1n) is 6.53. The van der Waals surface area contributed by atoms with Crippen LogP contribution >= 0.6 is 11.8 Å². The van der Waals surface area contributed by atoms with Crippen molar-refractivity contribution in [2.45, 2.75) is 38.1 Å². The normalized spacial score (nSPS) is 27.7. The van der Waals surface area contributed by atoms with Crippen LogP contribution in [0.4, 0.5) is 0 Å². The van der Waals surface area contributed by atoms with E-state index in [1.807, 2.05) is 6.92 Å². The van der Waals surface area contributed by atoms with Crippen molar-refractivity contribution in [1.29, 1.82) is 0 Å². The van der Waals surface area contributed by atoms with Crippen molar-refractivity contribution in [3.63, 3.8) is 0 Å². The Bertz CT molecular complexity index is 364. The smallest absolute Gasteiger partial charge is 0.153 e. The molecule has 3 rings (SSSR count). The maximum absolute atomic E-state index is 4.47. The zero-order valence-corrected chi connectivity index (χ0v) is 11.2. The number of aryl methyl sites for hydroxylation is 1. The number of thioether (sulfide) groups is 1. The third kappa shape index (κ3) is 2.50. The van der Waals surface area contributed by atoms with Crippen LogP contribution in [0.25, 0.3) is 0 Å². The number of aromatic nitrogens is 3. The number of hydrogen-bond donors (Lipinski definition) is 1. The summed E-state index contributed by atoms with van der Waals surface area (Å²) in [5.74, 6) is 5.23. The molecule has 2 aliphatic rings. The predicted octanol–water partition coefficient (Wildman–Crippen LogP) is 1.80. The van der Waals surface area contributed by atoms with Crippen molar-refractivity contribution in [3.8, 4) is 0 Å². The van der Waals surface area contributed by atoms with Gasteiger partial charge in [-0.05, 0) is 45.0 Å². The van der Waals surface area contributed by atoms with Crippen LogP contribution in [0.2, 0.25) is 0 Å². The summed E-state index contributed by atoms with van der Waals surface area (Å²) in [6.07, 6.45) is 3.83. The first-order chi connectivity index (χ1) is 8.33. The van der Waals surface area contributed by atoms with Gasteiger partial charge in [0.05, 0.1) is 0 Å². The fraction of sp³-hybridized carbons (Fsp3) is 0.833. The largest absolute Gasteiger partial charge is 0.299 e. The molecule has 5 heteroatoms. The molecular formula is C12H20N4S. The summed E-state index contributed by atoms with van der Waals surface area (Å²) in [4.78, 5) is 7.14. The van der Waals surface area contributed by atoms with Gasteiger partial charge in [-0.2, -0.15) is 16.9 Å². The minimum absolute atomic E-state index is 0.574. The Morgan fingerprint density at radius 3 is 2.71 bits per heavy atom. The van der Waals surface area contributed by atoms with E-state index in [4.69, 9.17) is 0 Å². The van der Waals surface area contributed by atoms with Crippen LogP contribution in [0, 0.1) is 6.92 Å². The number of rotatable bonds is 2. The molecule has 1 atom stereocenters. The number of likely N-dealkylation sites (tertiary alicyclic amines) is 1. The van der Waals surface area contributed by atoms with Crippen LogP contribution in [0.15, 0.2) is 0 Å². The predicted molar refractivity (Wildman–Crippen MR) is 70.4 cm³/mol. The second kappa shape index (κ2) is 4.98. The monoisotopic (exact) mass is 252 g/mol. The van der Waals surface area contributed by atoms with Crippen LogP contribution in [0.3, 0.4) is 0 Å². The number of H-pyrrole nitrogens is 1. The van der Waals surface area contributed by atoms with Crippen LogP contribution in [-0.4, -0.2) is 50.7 Å². The Kier molecular flexibility index (Phi) is 3.38. The summed E-state index contributed by atoms with van der Waals surface area (Å²) in [6.45, 7) is 4.42. The van der Waals surface area contributed by atoms with Gasteiger partial charge < -0.3 is 0 Å². The van der Waals surface area contributed by atoms with Crippen molar-refractivity contribution in [1.82, 2.24) is 20.1 Å². The molecule has 0 bridgehead atoms. The van der Waals surface area contributed by atoms with E-state index in [1.165, 1.54) is 43.9 Å². The number of hydrogen-bond acceptors (Lipinski definition) is 4. The molecule has 0 unspecified atom stereocenters. The highest BCUT2D eigenvalue weighted by molar-refractivity contribution is 7.99. The van der Waals surface area contributed by atoms with Crippen LogP contribution < -0.4 is 0 Å². The Morgan fingerprint density at radius 1 is 1.29 bits per heavy atom.